The van der Waals surface area contributed by atoms with Crippen molar-refractivity contribution in [1.29, 1.82) is 0 Å². The monoisotopic (exact) mass is 258 g/mol. The Bertz CT molecular complexity index is 288. The molecular weight excluding hydrogens is 244 g/mol. The van der Waals surface area contributed by atoms with E-state index >= 15 is 0 Å². The van der Waals surface area contributed by atoms with Crippen LogP contribution in [0, 0.1) is 11.3 Å². The molecule has 1 aliphatic rings. The maximum Gasteiger partial charge on any atom is 0.311 e. The Balaban J connectivity index is 3.13. The molecule has 1 N–H and O–H groups in total. The van der Waals surface area contributed by atoms with Gasteiger partial charge in [-0.15, -0.1) is 0 Å². The standard InChI is InChI=1S/C11H15BrO2/c1-3-11(4-2)8(10(13)14)6-5-7-9(11)12/h5-8H,3-4H2,1-2H3,(H,13,14). The lowest BCUT2D eigenvalue weighted by atomic mass is 9.69. The normalized spacial score (nSPS) is 24.5. The summed E-state index contributed by atoms with van der Waals surface area (Å²) in [5.74, 6) is -1.15. The lowest BCUT2D eigenvalue weighted by Crippen LogP contribution is -2.35. The maximum absolute atomic E-state index is 11.1. The van der Waals surface area contributed by atoms with Gasteiger partial charge < -0.3 is 5.11 Å². The van der Waals surface area contributed by atoms with E-state index in [1.807, 2.05) is 26.0 Å². The first kappa shape index (κ1) is 11.5. The van der Waals surface area contributed by atoms with Crippen LogP contribution in [0.4, 0.5) is 0 Å². The molecule has 0 saturated carbocycles. The third-order valence-corrected chi connectivity index (χ3v) is 4.20. The fourth-order valence-corrected chi connectivity index (χ4v) is 3.06. The van der Waals surface area contributed by atoms with Crippen molar-refractivity contribution in [3.05, 3.63) is 22.7 Å². The fourth-order valence-electron chi connectivity index (χ4n) is 2.10. The van der Waals surface area contributed by atoms with E-state index in [0.717, 1.165) is 17.3 Å². The van der Waals surface area contributed by atoms with Gasteiger partial charge in [0.2, 0.25) is 0 Å². The van der Waals surface area contributed by atoms with Gasteiger partial charge in [-0.25, -0.2) is 0 Å². The van der Waals surface area contributed by atoms with Gasteiger partial charge in [-0.2, -0.15) is 0 Å². The van der Waals surface area contributed by atoms with Crippen molar-refractivity contribution in [3.63, 3.8) is 0 Å². The quantitative estimate of drug-likeness (QED) is 0.843. The molecule has 1 unspecified atom stereocenters. The summed E-state index contributed by atoms with van der Waals surface area (Å²) in [6.07, 6.45) is 7.21. The molecule has 0 aromatic carbocycles. The lowest BCUT2D eigenvalue weighted by Gasteiger charge is -2.37. The number of aliphatic carboxylic acids is 1. The molecule has 3 heteroatoms. The van der Waals surface area contributed by atoms with Crippen molar-refractivity contribution in [3.8, 4) is 0 Å². The summed E-state index contributed by atoms with van der Waals surface area (Å²) in [4.78, 5) is 11.1. The van der Waals surface area contributed by atoms with Crippen LogP contribution in [0.25, 0.3) is 0 Å². The fraction of sp³-hybridized carbons (Fsp3) is 0.545. The second-order valence-corrected chi connectivity index (χ2v) is 4.43. The largest absolute Gasteiger partial charge is 0.481 e. The molecule has 0 radical (unpaired) electrons. The van der Waals surface area contributed by atoms with E-state index in [9.17, 15) is 4.79 Å². The van der Waals surface area contributed by atoms with Crippen LogP contribution in [0.3, 0.4) is 0 Å². The average molecular weight is 259 g/mol. The molecule has 2 nitrogen and oxygen atoms in total. The summed E-state index contributed by atoms with van der Waals surface area (Å²) in [6.45, 7) is 4.07. The van der Waals surface area contributed by atoms with Gasteiger partial charge in [0.25, 0.3) is 0 Å². The minimum Gasteiger partial charge on any atom is -0.481 e. The molecule has 14 heavy (non-hydrogen) atoms. The molecule has 0 aliphatic heterocycles. The van der Waals surface area contributed by atoms with E-state index in [1.54, 1.807) is 6.08 Å². The van der Waals surface area contributed by atoms with Crippen LogP contribution in [0.1, 0.15) is 26.7 Å². The number of allylic oxidation sites excluding steroid dienone is 3. The molecule has 1 atom stereocenters. The number of hydrogen-bond acceptors (Lipinski definition) is 1. The van der Waals surface area contributed by atoms with Crippen LogP contribution in [0.15, 0.2) is 22.7 Å². The van der Waals surface area contributed by atoms with Gasteiger partial charge in [-0.3, -0.25) is 4.79 Å². The van der Waals surface area contributed by atoms with E-state index in [2.05, 4.69) is 15.9 Å². The van der Waals surface area contributed by atoms with Gasteiger partial charge in [0, 0.05) is 9.90 Å². The summed E-state index contributed by atoms with van der Waals surface area (Å²) >= 11 is 3.49. The molecule has 78 valence electrons. The van der Waals surface area contributed by atoms with Crippen LogP contribution in [-0.2, 0) is 4.79 Å². The van der Waals surface area contributed by atoms with Gasteiger partial charge in [0.1, 0.15) is 0 Å². The molecule has 0 spiro atoms. The van der Waals surface area contributed by atoms with Gasteiger partial charge >= 0.3 is 5.97 Å². The molecular formula is C11H15BrO2. The third kappa shape index (κ3) is 1.65. The molecule has 0 aromatic rings. The summed E-state index contributed by atoms with van der Waals surface area (Å²) in [6, 6.07) is 0. The Labute approximate surface area is 92.8 Å². The van der Waals surface area contributed by atoms with Crippen molar-refractivity contribution >= 4 is 21.9 Å². The Morgan fingerprint density at radius 1 is 1.57 bits per heavy atom. The highest BCUT2D eigenvalue weighted by atomic mass is 79.9. The number of hydrogen-bond donors (Lipinski definition) is 1. The molecule has 0 fully saturated rings. The van der Waals surface area contributed by atoms with E-state index in [4.69, 9.17) is 5.11 Å². The molecule has 0 bridgehead atoms. The molecule has 0 amide bonds. The van der Waals surface area contributed by atoms with E-state index in [0.29, 0.717) is 0 Å². The first-order valence-electron chi connectivity index (χ1n) is 4.85. The van der Waals surface area contributed by atoms with Gasteiger partial charge in [-0.1, -0.05) is 48.0 Å². The smallest absolute Gasteiger partial charge is 0.311 e. The number of carbonyl (C=O) groups is 1. The Morgan fingerprint density at radius 3 is 2.50 bits per heavy atom. The predicted molar refractivity (Wildman–Crippen MR) is 60.3 cm³/mol. The van der Waals surface area contributed by atoms with Gasteiger partial charge in [0.05, 0.1) is 5.92 Å². The number of rotatable bonds is 3. The summed E-state index contributed by atoms with van der Waals surface area (Å²) < 4.78 is 1.00. The number of carboxylic acids is 1. The molecule has 0 heterocycles. The minimum absolute atomic E-state index is 0.249. The summed E-state index contributed by atoms with van der Waals surface area (Å²) in [5, 5.41) is 9.15. The number of carboxylic acid groups (broad SMARTS) is 1. The van der Waals surface area contributed by atoms with Crippen molar-refractivity contribution in [2.24, 2.45) is 11.3 Å². The Morgan fingerprint density at radius 2 is 2.14 bits per heavy atom. The van der Waals surface area contributed by atoms with Crippen LogP contribution >= 0.6 is 15.9 Å². The van der Waals surface area contributed by atoms with Crippen molar-refractivity contribution in [1.82, 2.24) is 0 Å². The molecule has 1 aliphatic carbocycles. The first-order valence-corrected chi connectivity index (χ1v) is 5.65. The lowest BCUT2D eigenvalue weighted by molar-refractivity contribution is -0.143. The minimum atomic E-state index is -0.741. The van der Waals surface area contributed by atoms with Crippen LogP contribution in [0.5, 0.6) is 0 Å². The van der Waals surface area contributed by atoms with Gasteiger partial charge in [0.15, 0.2) is 0 Å². The maximum atomic E-state index is 11.1. The van der Waals surface area contributed by atoms with Gasteiger partial charge in [-0.05, 0) is 12.8 Å². The van der Waals surface area contributed by atoms with Crippen LogP contribution in [-0.4, -0.2) is 11.1 Å². The van der Waals surface area contributed by atoms with Crippen molar-refractivity contribution in [2.45, 2.75) is 26.7 Å². The summed E-state index contributed by atoms with van der Waals surface area (Å²) in [5.41, 5.74) is -0.249. The van der Waals surface area contributed by atoms with Crippen LogP contribution in [0.2, 0.25) is 0 Å². The highest BCUT2D eigenvalue weighted by molar-refractivity contribution is 9.11. The van der Waals surface area contributed by atoms with Crippen LogP contribution < -0.4 is 0 Å². The molecule has 0 aromatic heterocycles. The van der Waals surface area contributed by atoms with E-state index in [-0.39, 0.29) is 5.41 Å². The topological polar surface area (TPSA) is 37.3 Å². The van der Waals surface area contributed by atoms with Crippen molar-refractivity contribution in [2.75, 3.05) is 0 Å². The Kier molecular flexibility index (Phi) is 3.53. The first-order chi connectivity index (χ1) is 6.58. The SMILES string of the molecule is CCC1(CC)C(Br)=CC=CC1C(=O)O. The zero-order valence-corrected chi connectivity index (χ0v) is 10.0. The van der Waals surface area contributed by atoms with Crippen molar-refractivity contribution < 1.29 is 9.90 Å². The summed E-state index contributed by atoms with van der Waals surface area (Å²) in [7, 11) is 0. The molecule has 1 rings (SSSR count). The van der Waals surface area contributed by atoms with E-state index in [1.165, 1.54) is 0 Å². The zero-order chi connectivity index (χ0) is 10.8. The predicted octanol–water partition coefficient (Wildman–Crippen LogP) is 3.34. The van der Waals surface area contributed by atoms with E-state index < -0.39 is 11.9 Å². The second kappa shape index (κ2) is 4.30. The molecule has 0 saturated heterocycles. The highest BCUT2D eigenvalue weighted by Gasteiger charge is 2.42. The highest BCUT2D eigenvalue weighted by Crippen LogP contribution is 2.48. The number of halogens is 1. The average Bonchev–Trinajstić information content (AvgIpc) is 2.17. The third-order valence-electron chi connectivity index (χ3n) is 3.14. The second-order valence-electron chi connectivity index (χ2n) is 3.58. The zero-order valence-electron chi connectivity index (χ0n) is 8.46. The Hall–Kier alpha value is -0.570.